The number of hydrogen-bond donors (Lipinski definition) is 1. The van der Waals surface area contributed by atoms with Crippen LogP contribution in [0.25, 0.3) is 0 Å². The molecule has 0 heterocycles. The highest BCUT2D eigenvalue weighted by atomic mass is 14.7. The van der Waals surface area contributed by atoms with Crippen LogP contribution in [0.2, 0.25) is 0 Å². The van der Waals surface area contributed by atoms with Gasteiger partial charge in [-0.05, 0) is 32.1 Å². The predicted octanol–water partition coefficient (Wildman–Crippen LogP) is 6.16. The highest BCUT2D eigenvalue weighted by Gasteiger charge is 2.09. The summed E-state index contributed by atoms with van der Waals surface area (Å²) >= 11 is 0. The monoisotopic (exact) mass is 271 g/mol. The van der Waals surface area contributed by atoms with Gasteiger partial charge in [-0.3, -0.25) is 0 Å². The summed E-state index contributed by atoms with van der Waals surface area (Å²) in [6.07, 6.45) is 10.8. The first-order chi connectivity index (χ1) is 8.69. The third-order valence-corrected chi connectivity index (χ3v) is 3.24. The van der Waals surface area contributed by atoms with Crippen molar-refractivity contribution in [2.24, 2.45) is 17.6 Å². The van der Waals surface area contributed by atoms with Crippen LogP contribution >= 0.6 is 0 Å². The molecule has 0 aliphatic heterocycles. The molecule has 0 amide bonds. The molecule has 1 heteroatoms. The van der Waals surface area contributed by atoms with Crippen molar-refractivity contribution in [3.05, 3.63) is 0 Å². The Morgan fingerprint density at radius 1 is 0.789 bits per heavy atom. The average molecular weight is 272 g/mol. The van der Waals surface area contributed by atoms with E-state index in [0.717, 1.165) is 18.3 Å². The maximum atomic E-state index is 5.82. The van der Waals surface area contributed by atoms with Crippen LogP contribution in [-0.4, -0.2) is 5.54 Å². The fourth-order valence-corrected chi connectivity index (χ4v) is 1.95. The number of rotatable bonds is 9. The normalized spacial score (nSPS) is 11.7. The van der Waals surface area contributed by atoms with Gasteiger partial charge in [0.05, 0.1) is 0 Å². The van der Waals surface area contributed by atoms with Crippen LogP contribution in [0.3, 0.4) is 0 Å². The standard InChI is InChI=1S/C9H21N.C9H20/c1-8(2)6-5-7-9(3,4)10;1-4-5-6-7-8-9(2)3/h8H,5-7,10H2,1-4H3;9H,4-8H2,1-3H3. The molecule has 0 radical (unpaired) electrons. The molecule has 0 aliphatic rings. The lowest BCUT2D eigenvalue weighted by atomic mass is 9.96. The van der Waals surface area contributed by atoms with E-state index in [-0.39, 0.29) is 5.54 Å². The van der Waals surface area contributed by atoms with Crippen LogP contribution < -0.4 is 5.73 Å². The Labute approximate surface area is 123 Å². The van der Waals surface area contributed by atoms with E-state index in [2.05, 4.69) is 48.5 Å². The van der Waals surface area contributed by atoms with Gasteiger partial charge in [0, 0.05) is 5.54 Å². The first-order valence-corrected chi connectivity index (χ1v) is 8.48. The summed E-state index contributed by atoms with van der Waals surface area (Å²) in [6, 6.07) is 0. The van der Waals surface area contributed by atoms with Crippen LogP contribution in [0, 0.1) is 11.8 Å². The van der Waals surface area contributed by atoms with Gasteiger partial charge < -0.3 is 5.73 Å². The SMILES string of the molecule is CC(C)CCCC(C)(C)N.CCCCCCC(C)C. The Morgan fingerprint density at radius 3 is 1.63 bits per heavy atom. The Hall–Kier alpha value is -0.0400. The topological polar surface area (TPSA) is 26.0 Å². The van der Waals surface area contributed by atoms with Crippen LogP contribution in [-0.2, 0) is 0 Å². The fraction of sp³-hybridized carbons (Fsp3) is 1.00. The molecular formula is C18H41N. The molecule has 0 aromatic heterocycles. The van der Waals surface area contributed by atoms with Crippen molar-refractivity contribution in [1.82, 2.24) is 0 Å². The molecule has 1 nitrogen and oxygen atoms in total. The molecule has 0 aromatic carbocycles. The van der Waals surface area contributed by atoms with E-state index in [4.69, 9.17) is 5.73 Å². The van der Waals surface area contributed by atoms with E-state index >= 15 is 0 Å². The fourth-order valence-electron chi connectivity index (χ4n) is 1.95. The van der Waals surface area contributed by atoms with Gasteiger partial charge in [0.2, 0.25) is 0 Å². The van der Waals surface area contributed by atoms with Crippen LogP contribution in [0.1, 0.15) is 99.8 Å². The van der Waals surface area contributed by atoms with Gasteiger partial charge in [-0.1, -0.05) is 79.6 Å². The molecule has 118 valence electrons. The Balaban J connectivity index is 0. The molecular weight excluding hydrogens is 230 g/mol. The summed E-state index contributed by atoms with van der Waals surface area (Å²) in [6.45, 7) is 15.5. The molecule has 0 fully saturated rings. The second-order valence-corrected chi connectivity index (χ2v) is 7.52. The molecule has 0 saturated carbocycles. The van der Waals surface area contributed by atoms with E-state index in [9.17, 15) is 0 Å². The van der Waals surface area contributed by atoms with Gasteiger partial charge in [-0.15, -0.1) is 0 Å². The summed E-state index contributed by atoms with van der Waals surface area (Å²) in [4.78, 5) is 0. The molecule has 0 unspecified atom stereocenters. The van der Waals surface area contributed by atoms with Gasteiger partial charge in [0.25, 0.3) is 0 Å². The highest BCUT2D eigenvalue weighted by Crippen LogP contribution is 2.12. The smallest absolute Gasteiger partial charge is 0.00970 e. The molecule has 0 bridgehead atoms. The van der Waals surface area contributed by atoms with E-state index in [1.165, 1.54) is 44.9 Å². The van der Waals surface area contributed by atoms with Crippen molar-refractivity contribution < 1.29 is 0 Å². The van der Waals surface area contributed by atoms with Gasteiger partial charge in [0.1, 0.15) is 0 Å². The summed E-state index contributed by atoms with van der Waals surface area (Å²) in [7, 11) is 0. The Kier molecular flexibility index (Phi) is 14.5. The van der Waals surface area contributed by atoms with Crippen molar-refractivity contribution in [3.63, 3.8) is 0 Å². The van der Waals surface area contributed by atoms with E-state index in [1.807, 2.05) is 0 Å². The maximum Gasteiger partial charge on any atom is 0.00970 e. The molecule has 2 N–H and O–H groups in total. The zero-order chi connectivity index (χ0) is 15.3. The lowest BCUT2D eigenvalue weighted by molar-refractivity contribution is 0.424. The quantitative estimate of drug-likeness (QED) is 0.499. The van der Waals surface area contributed by atoms with Gasteiger partial charge in [-0.2, -0.15) is 0 Å². The Morgan fingerprint density at radius 2 is 1.26 bits per heavy atom. The first-order valence-electron chi connectivity index (χ1n) is 8.48. The van der Waals surface area contributed by atoms with Crippen molar-refractivity contribution in [1.29, 1.82) is 0 Å². The van der Waals surface area contributed by atoms with Gasteiger partial charge in [0.15, 0.2) is 0 Å². The van der Waals surface area contributed by atoms with Crippen LogP contribution in [0.15, 0.2) is 0 Å². The highest BCUT2D eigenvalue weighted by molar-refractivity contribution is 4.71. The van der Waals surface area contributed by atoms with Crippen LogP contribution in [0.4, 0.5) is 0 Å². The minimum absolute atomic E-state index is 0.0366. The molecule has 0 aromatic rings. The molecule has 0 aliphatic carbocycles. The first kappa shape index (κ1) is 21.3. The lowest BCUT2D eigenvalue weighted by Crippen LogP contribution is -2.31. The minimum atomic E-state index is 0.0366. The second kappa shape index (κ2) is 13.0. The molecule has 0 rings (SSSR count). The average Bonchev–Trinajstić information content (AvgIpc) is 2.22. The van der Waals surface area contributed by atoms with Gasteiger partial charge in [-0.25, -0.2) is 0 Å². The largest absolute Gasteiger partial charge is 0.326 e. The molecule has 0 saturated heterocycles. The zero-order valence-corrected chi connectivity index (χ0v) is 14.9. The lowest BCUT2D eigenvalue weighted by Gasteiger charge is -2.18. The minimum Gasteiger partial charge on any atom is -0.326 e. The predicted molar refractivity (Wildman–Crippen MR) is 90.6 cm³/mol. The van der Waals surface area contributed by atoms with Crippen molar-refractivity contribution in [2.75, 3.05) is 0 Å². The number of unbranched alkanes of at least 4 members (excludes halogenated alkanes) is 3. The number of nitrogens with two attached hydrogens (primary N) is 1. The summed E-state index contributed by atoms with van der Waals surface area (Å²) in [5, 5.41) is 0. The summed E-state index contributed by atoms with van der Waals surface area (Å²) in [5.41, 5.74) is 5.86. The van der Waals surface area contributed by atoms with Crippen LogP contribution in [0.5, 0.6) is 0 Å². The van der Waals surface area contributed by atoms with E-state index < -0.39 is 0 Å². The number of hydrogen-bond acceptors (Lipinski definition) is 1. The van der Waals surface area contributed by atoms with E-state index in [0.29, 0.717) is 0 Å². The zero-order valence-electron chi connectivity index (χ0n) is 14.9. The summed E-state index contributed by atoms with van der Waals surface area (Å²) < 4.78 is 0. The van der Waals surface area contributed by atoms with E-state index in [1.54, 1.807) is 0 Å². The Bertz CT molecular complexity index is 165. The second-order valence-electron chi connectivity index (χ2n) is 7.52. The van der Waals surface area contributed by atoms with Crippen molar-refractivity contribution in [2.45, 2.75) is 105 Å². The molecule has 0 spiro atoms. The van der Waals surface area contributed by atoms with Crippen molar-refractivity contribution in [3.8, 4) is 0 Å². The third kappa shape index (κ3) is 27.2. The molecule has 19 heavy (non-hydrogen) atoms. The molecule has 0 atom stereocenters. The van der Waals surface area contributed by atoms with Crippen molar-refractivity contribution >= 4 is 0 Å². The maximum absolute atomic E-state index is 5.82. The van der Waals surface area contributed by atoms with Gasteiger partial charge >= 0.3 is 0 Å². The third-order valence-electron chi connectivity index (χ3n) is 3.24. The summed E-state index contributed by atoms with van der Waals surface area (Å²) in [5.74, 6) is 1.73.